The maximum Gasteiger partial charge on any atom is 0.175 e. The van der Waals surface area contributed by atoms with Crippen molar-refractivity contribution in [1.82, 2.24) is 24.8 Å². The predicted molar refractivity (Wildman–Crippen MR) is 125 cm³/mol. The van der Waals surface area contributed by atoms with Gasteiger partial charge in [-0.25, -0.2) is 15.0 Å². The molecule has 0 fully saturated rings. The third-order valence-electron chi connectivity index (χ3n) is 4.64. The molecule has 2 aromatic heterocycles. The molecule has 0 radical (unpaired) electrons. The van der Waals surface area contributed by atoms with E-state index < -0.39 is 0 Å². The number of hydrogen-bond donors (Lipinski definition) is 2. The van der Waals surface area contributed by atoms with Gasteiger partial charge < -0.3 is 20.4 Å². The number of rotatable bonds is 6. The number of nitrogens with zero attached hydrogens (tertiary/aromatic N) is 4. The third kappa shape index (κ3) is 4.61. The highest BCUT2D eigenvalue weighted by Gasteiger charge is 2.20. The summed E-state index contributed by atoms with van der Waals surface area (Å²) < 4.78 is 9.07. The summed E-state index contributed by atoms with van der Waals surface area (Å²) in [6.07, 6.45) is 2.47. The van der Waals surface area contributed by atoms with Crippen molar-refractivity contribution in [2.24, 2.45) is 5.41 Å². The standard InChI is InChI=1S/C20H25IN6OS/c1-20(2,3)10-23-5-6-27-18-16(17(22)24-11-25-18)26-19(27)29-15-9-14-12(4-7-28-14)8-13(15)21/h8-9,11,23H,4-7,10H2,1-3H3,(H2,22,24,25). The summed E-state index contributed by atoms with van der Waals surface area (Å²) in [5, 5.41) is 4.39. The van der Waals surface area contributed by atoms with Gasteiger partial charge in [0.1, 0.15) is 12.1 Å². The van der Waals surface area contributed by atoms with Gasteiger partial charge in [-0.2, -0.15) is 0 Å². The molecule has 4 rings (SSSR count). The maximum absolute atomic E-state index is 6.07. The summed E-state index contributed by atoms with van der Waals surface area (Å²) in [5.74, 6) is 1.38. The maximum atomic E-state index is 6.07. The second kappa shape index (κ2) is 8.27. The van der Waals surface area contributed by atoms with Gasteiger partial charge >= 0.3 is 0 Å². The Bertz CT molecular complexity index is 1050. The molecule has 0 amide bonds. The second-order valence-electron chi connectivity index (χ2n) is 8.31. The minimum atomic E-state index is 0.238. The molecule has 0 spiro atoms. The van der Waals surface area contributed by atoms with E-state index in [1.165, 1.54) is 15.5 Å². The van der Waals surface area contributed by atoms with Gasteiger partial charge in [-0.3, -0.25) is 0 Å². The number of ether oxygens (including phenoxy) is 1. The van der Waals surface area contributed by atoms with Crippen molar-refractivity contribution in [2.45, 2.75) is 43.8 Å². The van der Waals surface area contributed by atoms with Gasteiger partial charge in [0.25, 0.3) is 0 Å². The molecule has 154 valence electrons. The van der Waals surface area contributed by atoms with Crippen LogP contribution < -0.4 is 15.8 Å². The van der Waals surface area contributed by atoms with Crippen molar-refractivity contribution < 1.29 is 4.74 Å². The van der Waals surface area contributed by atoms with Crippen LogP contribution in [0.25, 0.3) is 11.2 Å². The van der Waals surface area contributed by atoms with Crippen molar-refractivity contribution >= 4 is 51.3 Å². The highest BCUT2D eigenvalue weighted by Crippen LogP contribution is 2.38. The summed E-state index contributed by atoms with van der Waals surface area (Å²) in [6.45, 7) is 9.94. The lowest BCUT2D eigenvalue weighted by molar-refractivity contribution is 0.356. The van der Waals surface area contributed by atoms with Crippen molar-refractivity contribution in [3.05, 3.63) is 27.6 Å². The Kier molecular flexibility index (Phi) is 5.90. The number of imidazole rings is 1. The van der Waals surface area contributed by atoms with E-state index in [9.17, 15) is 0 Å². The van der Waals surface area contributed by atoms with Crippen LogP contribution in [-0.2, 0) is 13.0 Å². The molecule has 3 aromatic rings. The zero-order chi connectivity index (χ0) is 20.6. The molecule has 1 aromatic carbocycles. The number of halogens is 1. The lowest BCUT2D eigenvalue weighted by Gasteiger charge is -2.19. The van der Waals surface area contributed by atoms with Crippen molar-refractivity contribution in [3.63, 3.8) is 0 Å². The largest absolute Gasteiger partial charge is 0.493 e. The van der Waals surface area contributed by atoms with E-state index in [0.717, 1.165) is 54.1 Å². The van der Waals surface area contributed by atoms with Gasteiger partial charge in [0.2, 0.25) is 0 Å². The fraction of sp³-hybridized carbons (Fsp3) is 0.450. The van der Waals surface area contributed by atoms with E-state index in [0.29, 0.717) is 11.3 Å². The first-order valence-electron chi connectivity index (χ1n) is 9.62. The first-order valence-corrected chi connectivity index (χ1v) is 11.5. The Balaban J connectivity index is 1.64. The van der Waals surface area contributed by atoms with Crippen LogP contribution in [-0.4, -0.2) is 39.2 Å². The monoisotopic (exact) mass is 524 g/mol. The number of fused-ring (bicyclic) bond motifs is 2. The minimum absolute atomic E-state index is 0.238. The smallest absolute Gasteiger partial charge is 0.175 e. The van der Waals surface area contributed by atoms with Crippen LogP contribution in [0.4, 0.5) is 5.82 Å². The average molecular weight is 524 g/mol. The molecule has 1 aliphatic rings. The van der Waals surface area contributed by atoms with Gasteiger partial charge in [0, 0.05) is 34.5 Å². The minimum Gasteiger partial charge on any atom is -0.493 e. The summed E-state index contributed by atoms with van der Waals surface area (Å²) in [4.78, 5) is 14.5. The van der Waals surface area contributed by atoms with Gasteiger partial charge in [-0.05, 0) is 45.7 Å². The molecule has 0 saturated carbocycles. The number of nitrogen functional groups attached to an aromatic ring is 1. The van der Waals surface area contributed by atoms with Crippen LogP contribution >= 0.6 is 34.4 Å². The molecule has 3 N–H and O–H groups in total. The van der Waals surface area contributed by atoms with Crippen LogP contribution in [0.2, 0.25) is 0 Å². The van der Waals surface area contributed by atoms with Gasteiger partial charge in [-0.15, -0.1) is 0 Å². The number of nitrogens with one attached hydrogen (secondary N) is 1. The second-order valence-corrected chi connectivity index (χ2v) is 10.5. The normalized spacial score (nSPS) is 13.7. The molecular weight excluding hydrogens is 499 g/mol. The van der Waals surface area contributed by atoms with Crippen molar-refractivity contribution in [2.75, 3.05) is 25.4 Å². The zero-order valence-electron chi connectivity index (χ0n) is 16.8. The first-order chi connectivity index (χ1) is 13.8. The zero-order valence-corrected chi connectivity index (χ0v) is 19.8. The highest BCUT2D eigenvalue weighted by atomic mass is 127. The van der Waals surface area contributed by atoms with Crippen LogP contribution in [0.15, 0.2) is 28.5 Å². The molecule has 0 bridgehead atoms. The van der Waals surface area contributed by atoms with Crippen molar-refractivity contribution in [1.29, 1.82) is 0 Å². The molecular formula is C20H25IN6OS. The average Bonchev–Trinajstić information content (AvgIpc) is 3.23. The lowest BCUT2D eigenvalue weighted by atomic mass is 9.97. The summed E-state index contributed by atoms with van der Waals surface area (Å²) in [6, 6.07) is 4.32. The van der Waals surface area contributed by atoms with Gasteiger partial charge in [-0.1, -0.05) is 32.5 Å². The lowest BCUT2D eigenvalue weighted by Crippen LogP contribution is -2.29. The molecule has 1 aliphatic heterocycles. The van der Waals surface area contributed by atoms with E-state index in [4.69, 9.17) is 15.5 Å². The number of benzene rings is 1. The molecule has 3 heterocycles. The third-order valence-corrected chi connectivity index (χ3v) is 6.95. The Morgan fingerprint density at radius 1 is 1.31 bits per heavy atom. The molecule has 0 atom stereocenters. The summed E-state index contributed by atoms with van der Waals surface area (Å²) in [5.41, 5.74) is 9.00. The Labute approximate surface area is 188 Å². The van der Waals surface area contributed by atoms with Crippen LogP contribution in [0, 0.1) is 8.99 Å². The van der Waals surface area contributed by atoms with E-state index in [1.54, 1.807) is 11.8 Å². The first kappa shape index (κ1) is 20.7. The van der Waals surface area contributed by atoms with Gasteiger partial charge in [0.15, 0.2) is 22.1 Å². The summed E-state index contributed by atoms with van der Waals surface area (Å²) >= 11 is 4.00. The molecule has 0 aliphatic carbocycles. The van der Waals surface area contributed by atoms with Crippen LogP contribution in [0.5, 0.6) is 5.75 Å². The van der Waals surface area contributed by atoms with Crippen LogP contribution in [0.3, 0.4) is 0 Å². The predicted octanol–water partition coefficient (Wildman–Crippen LogP) is 3.73. The quantitative estimate of drug-likeness (QED) is 0.375. The Morgan fingerprint density at radius 3 is 2.93 bits per heavy atom. The molecule has 7 nitrogen and oxygen atoms in total. The van der Waals surface area contributed by atoms with E-state index in [-0.39, 0.29) is 5.41 Å². The molecule has 0 saturated heterocycles. The topological polar surface area (TPSA) is 90.9 Å². The number of hydrogen-bond acceptors (Lipinski definition) is 7. The van der Waals surface area contributed by atoms with Crippen LogP contribution in [0.1, 0.15) is 26.3 Å². The fourth-order valence-corrected chi connectivity index (χ4v) is 5.03. The number of aromatic nitrogens is 4. The van der Waals surface area contributed by atoms with E-state index in [1.807, 2.05) is 0 Å². The highest BCUT2D eigenvalue weighted by molar-refractivity contribution is 14.1. The molecule has 0 unspecified atom stereocenters. The number of anilines is 1. The molecule has 9 heteroatoms. The number of nitrogens with two attached hydrogens (primary N) is 1. The fourth-order valence-electron chi connectivity index (χ4n) is 3.22. The Hall–Kier alpha value is -1.59. The Morgan fingerprint density at radius 2 is 2.14 bits per heavy atom. The SMILES string of the molecule is CC(C)(C)CNCCn1c(Sc2cc3c(cc2I)CCO3)nc2c(N)ncnc21. The van der Waals surface area contributed by atoms with E-state index in [2.05, 4.69) is 75.3 Å². The summed E-state index contributed by atoms with van der Waals surface area (Å²) in [7, 11) is 0. The molecule has 29 heavy (non-hydrogen) atoms. The van der Waals surface area contributed by atoms with Crippen molar-refractivity contribution in [3.8, 4) is 5.75 Å². The van der Waals surface area contributed by atoms with E-state index >= 15 is 0 Å². The van der Waals surface area contributed by atoms with Gasteiger partial charge in [0.05, 0.1) is 6.61 Å².